The Kier molecular flexibility index (Phi) is 3.90. The molecule has 0 saturated carbocycles. The van der Waals surface area contributed by atoms with Crippen LogP contribution < -0.4 is 5.73 Å². The molecule has 0 bridgehead atoms. The van der Waals surface area contributed by atoms with Crippen molar-refractivity contribution in [1.82, 2.24) is 15.0 Å². The number of aromatic nitrogens is 3. The average Bonchev–Trinajstić information content (AvgIpc) is 2.94. The summed E-state index contributed by atoms with van der Waals surface area (Å²) >= 11 is 1.64. The standard InChI is InChI=1S/C17H18N4S/c1-10-7-19-17(20-8-10)15-9-22-16(21-15)6-13-4-12(3)14(18)5-11(13)2/h4-5,7-9H,6,18H2,1-3H3. The van der Waals surface area contributed by atoms with Gasteiger partial charge >= 0.3 is 0 Å². The van der Waals surface area contributed by atoms with Crippen molar-refractivity contribution in [1.29, 1.82) is 0 Å². The fourth-order valence-electron chi connectivity index (χ4n) is 2.27. The fourth-order valence-corrected chi connectivity index (χ4v) is 3.07. The van der Waals surface area contributed by atoms with Crippen LogP contribution in [0.1, 0.15) is 27.3 Å². The van der Waals surface area contributed by atoms with E-state index in [-0.39, 0.29) is 0 Å². The molecule has 0 radical (unpaired) electrons. The van der Waals surface area contributed by atoms with Crippen LogP contribution in [-0.4, -0.2) is 15.0 Å². The number of rotatable bonds is 3. The Bertz CT molecular complexity index is 806. The molecule has 0 aliphatic heterocycles. The maximum absolute atomic E-state index is 5.95. The highest BCUT2D eigenvalue weighted by atomic mass is 32.1. The Labute approximate surface area is 134 Å². The lowest BCUT2D eigenvalue weighted by molar-refractivity contribution is 1.08. The van der Waals surface area contributed by atoms with Crippen molar-refractivity contribution in [3.05, 3.63) is 57.2 Å². The molecule has 2 N–H and O–H groups in total. The number of hydrogen-bond donors (Lipinski definition) is 1. The minimum atomic E-state index is 0.679. The molecule has 0 unspecified atom stereocenters. The second-order valence-corrected chi connectivity index (χ2v) is 6.47. The van der Waals surface area contributed by atoms with Crippen LogP contribution in [-0.2, 0) is 6.42 Å². The van der Waals surface area contributed by atoms with E-state index in [0.29, 0.717) is 5.82 Å². The highest BCUT2D eigenvalue weighted by molar-refractivity contribution is 7.10. The summed E-state index contributed by atoms with van der Waals surface area (Å²) in [5, 5.41) is 3.07. The van der Waals surface area contributed by atoms with Crippen LogP contribution in [0.5, 0.6) is 0 Å². The van der Waals surface area contributed by atoms with E-state index >= 15 is 0 Å². The van der Waals surface area contributed by atoms with Gasteiger partial charge < -0.3 is 5.73 Å². The molecule has 0 atom stereocenters. The Morgan fingerprint density at radius 1 is 1.05 bits per heavy atom. The summed E-state index contributed by atoms with van der Waals surface area (Å²) in [6.45, 7) is 6.09. The number of hydrogen-bond acceptors (Lipinski definition) is 5. The van der Waals surface area contributed by atoms with Gasteiger partial charge in [0, 0.05) is 29.9 Å². The van der Waals surface area contributed by atoms with Crippen molar-refractivity contribution in [3.63, 3.8) is 0 Å². The van der Waals surface area contributed by atoms with Gasteiger partial charge in [-0.3, -0.25) is 0 Å². The number of anilines is 1. The van der Waals surface area contributed by atoms with Gasteiger partial charge in [-0.1, -0.05) is 6.07 Å². The smallest absolute Gasteiger partial charge is 0.178 e. The lowest BCUT2D eigenvalue weighted by atomic mass is 10.0. The van der Waals surface area contributed by atoms with Gasteiger partial charge in [0.15, 0.2) is 5.82 Å². The summed E-state index contributed by atoms with van der Waals surface area (Å²) in [4.78, 5) is 13.3. The minimum absolute atomic E-state index is 0.679. The van der Waals surface area contributed by atoms with Crippen LogP contribution in [0.3, 0.4) is 0 Å². The second-order valence-electron chi connectivity index (χ2n) is 5.52. The third-order valence-corrected chi connectivity index (χ3v) is 4.48. The third kappa shape index (κ3) is 2.99. The monoisotopic (exact) mass is 310 g/mol. The molecule has 112 valence electrons. The first kappa shape index (κ1) is 14.7. The Hall–Kier alpha value is -2.27. The van der Waals surface area contributed by atoms with E-state index in [9.17, 15) is 0 Å². The van der Waals surface area contributed by atoms with Gasteiger partial charge in [0.05, 0.1) is 5.01 Å². The van der Waals surface area contributed by atoms with E-state index in [1.807, 2.05) is 37.7 Å². The van der Waals surface area contributed by atoms with Crippen LogP contribution in [0.2, 0.25) is 0 Å². The second kappa shape index (κ2) is 5.85. The van der Waals surface area contributed by atoms with Gasteiger partial charge in [0.25, 0.3) is 0 Å². The summed E-state index contributed by atoms with van der Waals surface area (Å²) < 4.78 is 0. The maximum atomic E-state index is 5.95. The summed E-state index contributed by atoms with van der Waals surface area (Å²) in [6, 6.07) is 4.18. The zero-order chi connectivity index (χ0) is 15.7. The van der Waals surface area contributed by atoms with Crippen LogP contribution in [0.25, 0.3) is 11.5 Å². The van der Waals surface area contributed by atoms with Crippen molar-refractivity contribution in [3.8, 4) is 11.5 Å². The predicted molar refractivity (Wildman–Crippen MR) is 91.0 cm³/mol. The lowest BCUT2D eigenvalue weighted by Gasteiger charge is -2.08. The molecule has 1 aromatic carbocycles. The van der Waals surface area contributed by atoms with Gasteiger partial charge in [-0.05, 0) is 49.1 Å². The van der Waals surface area contributed by atoms with Crippen molar-refractivity contribution in [2.45, 2.75) is 27.2 Å². The Morgan fingerprint density at radius 2 is 1.77 bits per heavy atom. The van der Waals surface area contributed by atoms with Crippen molar-refractivity contribution >= 4 is 17.0 Å². The summed E-state index contributed by atoms with van der Waals surface area (Å²) in [5.74, 6) is 0.679. The molecule has 0 aliphatic rings. The number of nitrogen functional groups attached to an aromatic ring is 1. The number of thiazole rings is 1. The SMILES string of the molecule is Cc1cnc(-c2csc(Cc3cc(C)c(N)cc3C)n2)nc1. The van der Waals surface area contributed by atoms with Crippen LogP contribution in [0.4, 0.5) is 5.69 Å². The molecule has 4 nitrogen and oxygen atoms in total. The van der Waals surface area contributed by atoms with E-state index in [0.717, 1.165) is 33.9 Å². The minimum Gasteiger partial charge on any atom is -0.399 e. The van der Waals surface area contributed by atoms with Crippen LogP contribution >= 0.6 is 11.3 Å². The van der Waals surface area contributed by atoms with E-state index in [1.54, 1.807) is 11.3 Å². The molecule has 0 saturated heterocycles. The third-order valence-electron chi connectivity index (χ3n) is 3.63. The van der Waals surface area contributed by atoms with E-state index in [1.165, 1.54) is 11.1 Å². The van der Waals surface area contributed by atoms with Gasteiger partial charge in [-0.15, -0.1) is 11.3 Å². The molecule has 0 fully saturated rings. The topological polar surface area (TPSA) is 64.7 Å². The van der Waals surface area contributed by atoms with E-state index < -0.39 is 0 Å². The first-order valence-corrected chi connectivity index (χ1v) is 8.00. The summed E-state index contributed by atoms with van der Waals surface area (Å²) in [7, 11) is 0. The van der Waals surface area contributed by atoms with Crippen molar-refractivity contribution in [2.75, 3.05) is 5.73 Å². The Morgan fingerprint density at radius 3 is 2.50 bits per heavy atom. The predicted octanol–water partition coefficient (Wildman–Crippen LogP) is 3.70. The molecule has 0 amide bonds. The normalized spacial score (nSPS) is 10.9. The highest BCUT2D eigenvalue weighted by Gasteiger charge is 2.10. The number of aryl methyl sites for hydroxylation is 3. The highest BCUT2D eigenvalue weighted by Crippen LogP contribution is 2.24. The van der Waals surface area contributed by atoms with Crippen molar-refractivity contribution < 1.29 is 0 Å². The van der Waals surface area contributed by atoms with Gasteiger partial charge in [-0.25, -0.2) is 15.0 Å². The molecule has 22 heavy (non-hydrogen) atoms. The summed E-state index contributed by atoms with van der Waals surface area (Å²) in [6.07, 6.45) is 4.44. The number of nitrogens with two attached hydrogens (primary N) is 1. The zero-order valence-electron chi connectivity index (χ0n) is 12.9. The number of nitrogens with zero attached hydrogens (tertiary/aromatic N) is 3. The van der Waals surface area contributed by atoms with Gasteiger partial charge in [0.2, 0.25) is 0 Å². The molecule has 2 aromatic heterocycles. The molecule has 3 rings (SSSR count). The van der Waals surface area contributed by atoms with Crippen LogP contribution in [0, 0.1) is 20.8 Å². The largest absolute Gasteiger partial charge is 0.399 e. The van der Waals surface area contributed by atoms with Crippen LogP contribution in [0.15, 0.2) is 29.9 Å². The molecule has 5 heteroatoms. The fraction of sp³-hybridized carbons (Fsp3) is 0.235. The molecule has 0 aliphatic carbocycles. The number of benzene rings is 1. The molecule has 0 spiro atoms. The first-order valence-electron chi connectivity index (χ1n) is 7.12. The lowest BCUT2D eigenvalue weighted by Crippen LogP contribution is -1.97. The summed E-state index contributed by atoms with van der Waals surface area (Å²) in [5.41, 5.74) is 12.2. The Balaban J connectivity index is 1.86. The van der Waals surface area contributed by atoms with Crippen molar-refractivity contribution in [2.24, 2.45) is 0 Å². The average molecular weight is 310 g/mol. The molecular formula is C17H18N4S. The zero-order valence-corrected chi connectivity index (χ0v) is 13.7. The first-order chi connectivity index (χ1) is 10.5. The molecule has 2 heterocycles. The van der Waals surface area contributed by atoms with Gasteiger partial charge in [0.1, 0.15) is 5.69 Å². The van der Waals surface area contributed by atoms with E-state index in [4.69, 9.17) is 5.73 Å². The molecular weight excluding hydrogens is 292 g/mol. The van der Waals surface area contributed by atoms with E-state index in [2.05, 4.69) is 27.9 Å². The molecule has 3 aromatic rings. The quantitative estimate of drug-likeness (QED) is 0.749. The van der Waals surface area contributed by atoms with Gasteiger partial charge in [-0.2, -0.15) is 0 Å². The maximum Gasteiger partial charge on any atom is 0.178 e.